The Labute approximate surface area is 173 Å². The van der Waals surface area contributed by atoms with Crippen molar-refractivity contribution >= 4 is 5.97 Å². The quantitative estimate of drug-likeness (QED) is 0.379. The first kappa shape index (κ1) is 23.0. The van der Waals surface area contributed by atoms with Gasteiger partial charge in [0, 0.05) is 0 Å². The summed E-state index contributed by atoms with van der Waals surface area (Å²) in [6.07, 6.45) is 13.6. The Morgan fingerprint density at radius 2 is 1.61 bits per heavy atom. The van der Waals surface area contributed by atoms with Gasteiger partial charge in [-0.05, 0) is 92.9 Å². The molecule has 1 fully saturated rings. The molecule has 28 heavy (non-hydrogen) atoms. The highest BCUT2D eigenvalue weighted by Crippen LogP contribution is 2.50. The Morgan fingerprint density at radius 1 is 0.964 bits per heavy atom. The molecule has 2 nitrogen and oxygen atoms in total. The fourth-order valence-electron chi connectivity index (χ4n) is 4.32. The molecule has 0 unspecified atom stereocenters. The van der Waals surface area contributed by atoms with Gasteiger partial charge in [0.2, 0.25) is 0 Å². The van der Waals surface area contributed by atoms with Crippen molar-refractivity contribution in [3.63, 3.8) is 0 Å². The second kappa shape index (κ2) is 9.94. The number of rotatable bonds is 12. The van der Waals surface area contributed by atoms with Crippen molar-refractivity contribution in [1.29, 1.82) is 0 Å². The maximum absolute atomic E-state index is 11.3. The molecule has 0 saturated heterocycles. The Morgan fingerprint density at radius 3 is 2.21 bits per heavy atom. The summed E-state index contributed by atoms with van der Waals surface area (Å²) in [4.78, 5) is 11.3. The number of carbonyl (C=O) groups is 1. The van der Waals surface area contributed by atoms with Crippen LogP contribution in [0, 0.1) is 24.7 Å². The van der Waals surface area contributed by atoms with Crippen LogP contribution in [0.2, 0.25) is 0 Å². The highest BCUT2D eigenvalue weighted by atomic mass is 16.4. The first-order chi connectivity index (χ1) is 13.1. The fraction of sp³-hybridized carbons (Fsp3) is 0.731. The van der Waals surface area contributed by atoms with E-state index in [1.165, 1.54) is 55.2 Å². The number of aliphatic carboxylic acids is 1. The molecule has 1 aliphatic carbocycles. The number of unbranched alkanes of at least 4 members (excludes halogenated alkanes) is 4. The monoisotopic (exact) mass is 386 g/mol. The lowest BCUT2D eigenvalue weighted by molar-refractivity contribution is -0.143. The van der Waals surface area contributed by atoms with Crippen molar-refractivity contribution in [2.24, 2.45) is 10.8 Å². The predicted molar refractivity (Wildman–Crippen MR) is 119 cm³/mol. The van der Waals surface area contributed by atoms with Gasteiger partial charge in [0.15, 0.2) is 0 Å². The maximum atomic E-state index is 11.3. The van der Waals surface area contributed by atoms with Gasteiger partial charge in [-0.2, -0.15) is 0 Å². The molecule has 0 radical (unpaired) electrons. The van der Waals surface area contributed by atoms with Crippen molar-refractivity contribution in [2.75, 3.05) is 0 Å². The molecule has 0 aromatic heterocycles. The molecule has 1 saturated carbocycles. The molecule has 158 valence electrons. The third-order valence-electron chi connectivity index (χ3n) is 6.73. The number of benzene rings is 1. The van der Waals surface area contributed by atoms with Crippen LogP contribution in [0.15, 0.2) is 12.1 Å². The topological polar surface area (TPSA) is 37.3 Å². The van der Waals surface area contributed by atoms with Gasteiger partial charge < -0.3 is 5.11 Å². The third-order valence-corrected chi connectivity index (χ3v) is 6.73. The molecule has 2 heteroatoms. The SMILES string of the molecule is Cc1ccc(CCCCCC2(C(=O)O)CC2)c(CCCCCC(C)(C)C)c1C. The first-order valence-corrected chi connectivity index (χ1v) is 11.5. The summed E-state index contributed by atoms with van der Waals surface area (Å²) in [6.45, 7) is 11.5. The number of hydrogen-bond acceptors (Lipinski definition) is 1. The van der Waals surface area contributed by atoms with Crippen LogP contribution in [0.25, 0.3) is 0 Å². The zero-order valence-electron chi connectivity index (χ0n) is 19.0. The zero-order valence-corrected chi connectivity index (χ0v) is 19.0. The van der Waals surface area contributed by atoms with Crippen LogP contribution >= 0.6 is 0 Å². The summed E-state index contributed by atoms with van der Waals surface area (Å²) in [5, 5.41) is 9.30. The zero-order chi connectivity index (χ0) is 20.8. The lowest BCUT2D eigenvalue weighted by Gasteiger charge is -2.18. The van der Waals surface area contributed by atoms with Crippen molar-refractivity contribution < 1.29 is 9.90 Å². The van der Waals surface area contributed by atoms with Crippen LogP contribution in [0.5, 0.6) is 0 Å². The number of hydrogen-bond donors (Lipinski definition) is 1. The highest BCUT2D eigenvalue weighted by Gasteiger charge is 2.49. The van der Waals surface area contributed by atoms with Gasteiger partial charge in [0.05, 0.1) is 5.41 Å². The van der Waals surface area contributed by atoms with E-state index in [4.69, 9.17) is 0 Å². The molecule has 2 rings (SSSR count). The van der Waals surface area contributed by atoms with Crippen molar-refractivity contribution in [1.82, 2.24) is 0 Å². The molecule has 0 amide bonds. The van der Waals surface area contributed by atoms with Crippen LogP contribution in [0.3, 0.4) is 0 Å². The molecule has 0 heterocycles. The van der Waals surface area contributed by atoms with Gasteiger partial charge in [-0.3, -0.25) is 4.79 Å². The van der Waals surface area contributed by atoms with Crippen LogP contribution in [0.1, 0.15) is 107 Å². The molecule has 1 N–H and O–H groups in total. The Kier molecular flexibility index (Phi) is 8.16. The smallest absolute Gasteiger partial charge is 0.309 e. The van der Waals surface area contributed by atoms with Crippen molar-refractivity contribution in [3.05, 3.63) is 34.4 Å². The van der Waals surface area contributed by atoms with E-state index in [1.54, 1.807) is 5.56 Å². The summed E-state index contributed by atoms with van der Waals surface area (Å²) in [5.74, 6) is -0.574. The van der Waals surface area contributed by atoms with E-state index in [1.807, 2.05) is 0 Å². The van der Waals surface area contributed by atoms with E-state index >= 15 is 0 Å². The van der Waals surface area contributed by atoms with E-state index in [-0.39, 0.29) is 5.41 Å². The van der Waals surface area contributed by atoms with E-state index < -0.39 is 5.97 Å². The fourth-order valence-corrected chi connectivity index (χ4v) is 4.32. The summed E-state index contributed by atoms with van der Waals surface area (Å²) in [5.41, 5.74) is 6.10. The molecule has 1 aliphatic rings. The van der Waals surface area contributed by atoms with Gasteiger partial charge in [0.25, 0.3) is 0 Å². The van der Waals surface area contributed by atoms with Crippen LogP contribution in [-0.4, -0.2) is 11.1 Å². The minimum absolute atomic E-state index is 0.349. The Balaban J connectivity index is 1.79. The van der Waals surface area contributed by atoms with E-state index in [0.29, 0.717) is 5.41 Å². The standard InChI is InChI=1S/C26H42O2/c1-20-14-15-22(12-8-6-11-17-26(18-19-26)24(27)28)23(21(20)2)13-9-7-10-16-25(3,4)5/h14-15H,6-13,16-19H2,1-5H3,(H,27,28). The predicted octanol–water partition coefficient (Wildman–Crippen LogP) is 7.42. The molecule has 1 aromatic carbocycles. The van der Waals surface area contributed by atoms with Crippen LogP contribution in [-0.2, 0) is 17.6 Å². The maximum Gasteiger partial charge on any atom is 0.309 e. The minimum Gasteiger partial charge on any atom is -0.481 e. The van der Waals surface area contributed by atoms with E-state index in [0.717, 1.165) is 38.5 Å². The molecule has 0 spiro atoms. The van der Waals surface area contributed by atoms with E-state index in [9.17, 15) is 9.90 Å². The minimum atomic E-state index is -0.574. The first-order valence-electron chi connectivity index (χ1n) is 11.5. The molecular weight excluding hydrogens is 344 g/mol. The molecule has 0 aliphatic heterocycles. The van der Waals surface area contributed by atoms with Crippen LogP contribution < -0.4 is 0 Å². The molecular formula is C26H42O2. The number of carboxylic acids is 1. The highest BCUT2D eigenvalue weighted by molar-refractivity contribution is 5.77. The summed E-state index contributed by atoms with van der Waals surface area (Å²) in [7, 11) is 0. The molecule has 0 atom stereocenters. The van der Waals surface area contributed by atoms with E-state index in [2.05, 4.69) is 46.8 Å². The normalized spacial score (nSPS) is 15.6. The second-order valence-corrected chi connectivity index (χ2v) is 10.4. The van der Waals surface area contributed by atoms with Gasteiger partial charge >= 0.3 is 5.97 Å². The van der Waals surface area contributed by atoms with Crippen molar-refractivity contribution in [2.45, 2.75) is 112 Å². The van der Waals surface area contributed by atoms with Gasteiger partial charge in [-0.15, -0.1) is 0 Å². The lowest BCUT2D eigenvalue weighted by atomic mass is 9.88. The summed E-state index contributed by atoms with van der Waals surface area (Å²) < 4.78 is 0. The Bertz CT molecular complexity index is 647. The average Bonchev–Trinajstić information content (AvgIpc) is 3.39. The van der Waals surface area contributed by atoms with Gasteiger partial charge in [-0.25, -0.2) is 0 Å². The second-order valence-electron chi connectivity index (χ2n) is 10.4. The molecule has 1 aromatic rings. The molecule has 0 bridgehead atoms. The van der Waals surface area contributed by atoms with Crippen LogP contribution in [0.4, 0.5) is 0 Å². The summed E-state index contributed by atoms with van der Waals surface area (Å²) >= 11 is 0. The average molecular weight is 387 g/mol. The number of aryl methyl sites for hydroxylation is 2. The van der Waals surface area contributed by atoms with Crippen molar-refractivity contribution in [3.8, 4) is 0 Å². The Hall–Kier alpha value is -1.31. The third kappa shape index (κ3) is 6.94. The lowest BCUT2D eigenvalue weighted by Crippen LogP contribution is -2.14. The van der Waals surface area contributed by atoms with Gasteiger partial charge in [-0.1, -0.05) is 58.6 Å². The van der Waals surface area contributed by atoms with Gasteiger partial charge in [0.1, 0.15) is 0 Å². The largest absolute Gasteiger partial charge is 0.481 e. The number of carboxylic acid groups (broad SMARTS) is 1. The summed E-state index contributed by atoms with van der Waals surface area (Å²) in [6, 6.07) is 4.61.